The molecule has 96 valence electrons. The van der Waals surface area contributed by atoms with Gasteiger partial charge in [-0.1, -0.05) is 0 Å². The molecule has 1 aromatic carbocycles. The summed E-state index contributed by atoms with van der Waals surface area (Å²) in [5.74, 6) is 0. The number of benzene rings is 1. The highest BCUT2D eigenvalue weighted by Gasteiger charge is 2.17. The van der Waals surface area contributed by atoms with E-state index in [1.165, 1.54) is 24.9 Å². The Labute approximate surface area is 109 Å². The topological polar surface area (TPSA) is 39.1 Å². The zero-order valence-electron chi connectivity index (χ0n) is 11.2. The van der Waals surface area contributed by atoms with Gasteiger partial charge in [0.2, 0.25) is 0 Å². The van der Waals surface area contributed by atoms with Gasteiger partial charge in [-0.05, 0) is 63.0 Å². The molecule has 1 heterocycles. The first kappa shape index (κ1) is 12.9. The summed E-state index contributed by atoms with van der Waals surface area (Å²) in [6.07, 6.45) is 3.67. The van der Waals surface area contributed by atoms with Crippen LogP contribution in [0.2, 0.25) is 0 Å². The first-order valence-electron chi connectivity index (χ1n) is 6.66. The lowest BCUT2D eigenvalue weighted by Gasteiger charge is -2.29. The fourth-order valence-electron chi connectivity index (χ4n) is 2.59. The maximum Gasteiger partial charge on any atom is 0.0994 e. The Hall–Kier alpha value is -1.53. The first-order valence-corrected chi connectivity index (χ1v) is 6.66. The molecule has 18 heavy (non-hydrogen) atoms. The van der Waals surface area contributed by atoms with Gasteiger partial charge in [-0.15, -0.1) is 0 Å². The Bertz CT molecular complexity index is 440. The van der Waals surface area contributed by atoms with E-state index in [-0.39, 0.29) is 0 Å². The lowest BCUT2D eigenvalue weighted by molar-refractivity contribution is 0.567. The molecule has 0 aliphatic carbocycles. The van der Waals surface area contributed by atoms with Gasteiger partial charge >= 0.3 is 0 Å². The summed E-state index contributed by atoms with van der Waals surface area (Å²) in [5, 5.41) is 12.4. The Morgan fingerprint density at radius 3 is 2.89 bits per heavy atom. The Kier molecular flexibility index (Phi) is 4.22. The summed E-state index contributed by atoms with van der Waals surface area (Å²) >= 11 is 0. The molecule has 1 aliphatic heterocycles. The number of aryl methyl sites for hydroxylation is 1. The van der Waals surface area contributed by atoms with Crippen LogP contribution in [0, 0.1) is 18.3 Å². The van der Waals surface area contributed by atoms with Crippen LogP contribution in [0.1, 0.15) is 30.4 Å². The standard InChI is InChI=1S/C15H21N3/c1-12-10-15(6-5-13(12)11-16)18(2)14-4-3-8-17-9-7-14/h5-6,10,14,17H,3-4,7-9H2,1-2H3. The minimum Gasteiger partial charge on any atom is -0.372 e. The van der Waals surface area contributed by atoms with E-state index in [0.717, 1.165) is 24.2 Å². The normalized spacial score (nSPS) is 19.9. The van der Waals surface area contributed by atoms with E-state index < -0.39 is 0 Å². The van der Waals surface area contributed by atoms with Crippen molar-refractivity contribution in [3.05, 3.63) is 29.3 Å². The van der Waals surface area contributed by atoms with E-state index in [4.69, 9.17) is 5.26 Å². The number of hydrogen-bond donors (Lipinski definition) is 1. The van der Waals surface area contributed by atoms with Gasteiger partial charge in [0.25, 0.3) is 0 Å². The Balaban J connectivity index is 2.15. The van der Waals surface area contributed by atoms with Gasteiger partial charge in [0.15, 0.2) is 0 Å². The third-order valence-electron chi connectivity index (χ3n) is 3.83. The average Bonchev–Trinajstić information content (AvgIpc) is 2.66. The van der Waals surface area contributed by atoms with Crippen molar-refractivity contribution in [2.75, 3.05) is 25.0 Å². The molecule has 0 saturated carbocycles. The lowest BCUT2D eigenvalue weighted by Crippen LogP contribution is -2.32. The number of nitrogens with one attached hydrogen (secondary N) is 1. The zero-order valence-corrected chi connectivity index (χ0v) is 11.2. The summed E-state index contributed by atoms with van der Waals surface area (Å²) in [6, 6.07) is 8.93. The van der Waals surface area contributed by atoms with Crippen LogP contribution in [0.5, 0.6) is 0 Å². The fraction of sp³-hybridized carbons (Fsp3) is 0.533. The highest BCUT2D eigenvalue weighted by molar-refractivity contribution is 5.53. The minimum atomic E-state index is 0.604. The molecule has 0 aromatic heterocycles. The molecule has 1 aromatic rings. The maximum absolute atomic E-state index is 8.96. The molecule has 0 bridgehead atoms. The second-order valence-corrected chi connectivity index (χ2v) is 5.06. The van der Waals surface area contributed by atoms with E-state index in [1.54, 1.807) is 0 Å². The molecule has 1 N–H and O–H groups in total. The smallest absolute Gasteiger partial charge is 0.0994 e. The summed E-state index contributed by atoms with van der Waals surface area (Å²) in [6.45, 7) is 4.24. The Morgan fingerprint density at radius 1 is 1.33 bits per heavy atom. The van der Waals surface area contributed by atoms with Crippen LogP contribution in [-0.4, -0.2) is 26.2 Å². The second kappa shape index (κ2) is 5.88. The van der Waals surface area contributed by atoms with E-state index >= 15 is 0 Å². The van der Waals surface area contributed by atoms with Crippen LogP contribution < -0.4 is 10.2 Å². The summed E-state index contributed by atoms with van der Waals surface area (Å²) in [7, 11) is 2.16. The van der Waals surface area contributed by atoms with E-state index in [1.807, 2.05) is 13.0 Å². The zero-order chi connectivity index (χ0) is 13.0. The molecule has 1 fully saturated rings. The Morgan fingerprint density at radius 2 is 2.17 bits per heavy atom. The van der Waals surface area contributed by atoms with Crippen molar-refractivity contribution >= 4 is 5.69 Å². The molecule has 2 rings (SSSR count). The van der Waals surface area contributed by atoms with Gasteiger partial charge in [-0.25, -0.2) is 0 Å². The number of anilines is 1. The van der Waals surface area contributed by atoms with Crippen molar-refractivity contribution in [2.24, 2.45) is 0 Å². The van der Waals surface area contributed by atoms with Gasteiger partial charge in [0, 0.05) is 18.8 Å². The molecule has 1 unspecified atom stereocenters. The first-order chi connectivity index (χ1) is 8.72. The number of hydrogen-bond acceptors (Lipinski definition) is 3. The van der Waals surface area contributed by atoms with Crippen molar-refractivity contribution in [2.45, 2.75) is 32.2 Å². The fourth-order valence-corrected chi connectivity index (χ4v) is 2.59. The SMILES string of the molecule is Cc1cc(N(C)C2CCCNCC2)ccc1C#N. The largest absolute Gasteiger partial charge is 0.372 e. The van der Waals surface area contributed by atoms with Gasteiger partial charge < -0.3 is 10.2 Å². The molecule has 1 aliphatic rings. The van der Waals surface area contributed by atoms with Crippen molar-refractivity contribution in [1.82, 2.24) is 5.32 Å². The molecular formula is C15H21N3. The highest BCUT2D eigenvalue weighted by atomic mass is 15.1. The van der Waals surface area contributed by atoms with Crippen molar-refractivity contribution in [1.29, 1.82) is 5.26 Å². The summed E-state index contributed by atoms with van der Waals surface area (Å²) in [5.41, 5.74) is 3.06. The predicted octanol–water partition coefficient (Wildman–Crippen LogP) is 2.45. The van der Waals surface area contributed by atoms with E-state index in [2.05, 4.69) is 35.5 Å². The maximum atomic E-state index is 8.96. The number of rotatable bonds is 2. The van der Waals surface area contributed by atoms with Crippen LogP contribution in [0.15, 0.2) is 18.2 Å². The third kappa shape index (κ3) is 2.83. The van der Waals surface area contributed by atoms with Crippen molar-refractivity contribution in [3.8, 4) is 6.07 Å². The van der Waals surface area contributed by atoms with Gasteiger partial charge in [-0.2, -0.15) is 5.26 Å². The third-order valence-corrected chi connectivity index (χ3v) is 3.83. The van der Waals surface area contributed by atoms with E-state index in [9.17, 15) is 0 Å². The van der Waals surface area contributed by atoms with E-state index in [0.29, 0.717) is 6.04 Å². The van der Waals surface area contributed by atoms with Crippen LogP contribution in [0.3, 0.4) is 0 Å². The average molecular weight is 243 g/mol. The quantitative estimate of drug-likeness (QED) is 0.867. The van der Waals surface area contributed by atoms with Crippen LogP contribution in [-0.2, 0) is 0 Å². The van der Waals surface area contributed by atoms with Crippen LogP contribution in [0.25, 0.3) is 0 Å². The predicted molar refractivity (Wildman–Crippen MR) is 74.8 cm³/mol. The van der Waals surface area contributed by atoms with Crippen molar-refractivity contribution in [3.63, 3.8) is 0 Å². The van der Waals surface area contributed by atoms with Crippen molar-refractivity contribution < 1.29 is 0 Å². The molecule has 1 saturated heterocycles. The highest BCUT2D eigenvalue weighted by Crippen LogP contribution is 2.23. The minimum absolute atomic E-state index is 0.604. The molecule has 0 spiro atoms. The molecule has 3 heteroatoms. The molecule has 3 nitrogen and oxygen atoms in total. The molecule has 0 radical (unpaired) electrons. The lowest BCUT2D eigenvalue weighted by atomic mass is 10.0. The van der Waals surface area contributed by atoms with Crippen LogP contribution >= 0.6 is 0 Å². The van der Waals surface area contributed by atoms with Gasteiger partial charge in [-0.3, -0.25) is 0 Å². The van der Waals surface area contributed by atoms with Gasteiger partial charge in [0.1, 0.15) is 0 Å². The van der Waals surface area contributed by atoms with Gasteiger partial charge in [0.05, 0.1) is 11.6 Å². The number of nitriles is 1. The summed E-state index contributed by atoms with van der Waals surface area (Å²) in [4.78, 5) is 2.36. The second-order valence-electron chi connectivity index (χ2n) is 5.06. The molecule has 0 amide bonds. The number of nitrogens with zero attached hydrogens (tertiary/aromatic N) is 2. The summed E-state index contributed by atoms with van der Waals surface area (Å²) < 4.78 is 0. The molecule has 1 atom stereocenters. The molecular weight excluding hydrogens is 222 g/mol. The van der Waals surface area contributed by atoms with Crippen LogP contribution in [0.4, 0.5) is 5.69 Å². The monoisotopic (exact) mass is 243 g/mol.